The molecule has 0 radical (unpaired) electrons. The molecule has 2 aromatic rings. The zero-order chi connectivity index (χ0) is 11.5. The minimum absolute atomic E-state index is 1.02. The van der Waals surface area contributed by atoms with Gasteiger partial charge in [-0.25, -0.2) is 0 Å². The molecule has 0 atom stereocenters. The highest BCUT2D eigenvalue weighted by molar-refractivity contribution is 5.64. The molecule has 0 saturated carbocycles. The molecular weight excluding hydrogens is 194 g/mol. The topological polar surface area (TPSA) is 12.9 Å². The van der Waals surface area contributed by atoms with Crippen LogP contribution in [-0.2, 0) is 6.42 Å². The van der Waals surface area contributed by atoms with Crippen LogP contribution in [0.15, 0.2) is 36.4 Å². The van der Waals surface area contributed by atoms with Crippen molar-refractivity contribution in [1.82, 2.24) is 4.98 Å². The number of hydrogen-bond donors (Lipinski definition) is 0. The second-order valence-corrected chi connectivity index (χ2v) is 4.18. The molecule has 0 N–H and O–H groups in total. The van der Waals surface area contributed by atoms with E-state index in [4.69, 9.17) is 0 Å². The lowest BCUT2D eigenvalue weighted by Crippen LogP contribution is -1.94. The number of aryl methyl sites for hydroxylation is 3. The van der Waals surface area contributed by atoms with Crippen LogP contribution in [0.1, 0.15) is 23.7 Å². The first-order chi connectivity index (χ1) is 7.70. The van der Waals surface area contributed by atoms with E-state index in [1.807, 2.05) is 6.92 Å². The third-order valence-corrected chi connectivity index (χ3v) is 2.79. The Bertz CT molecular complexity index is 501. The van der Waals surface area contributed by atoms with Crippen LogP contribution in [0.4, 0.5) is 0 Å². The molecule has 0 aliphatic carbocycles. The Morgan fingerprint density at radius 1 is 1.06 bits per heavy atom. The summed E-state index contributed by atoms with van der Waals surface area (Å²) in [5, 5.41) is 0. The van der Waals surface area contributed by atoms with E-state index >= 15 is 0 Å². The Morgan fingerprint density at radius 3 is 2.56 bits per heavy atom. The van der Waals surface area contributed by atoms with Crippen molar-refractivity contribution >= 4 is 0 Å². The third kappa shape index (κ3) is 2.13. The van der Waals surface area contributed by atoms with Crippen molar-refractivity contribution < 1.29 is 0 Å². The second-order valence-electron chi connectivity index (χ2n) is 4.18. The Kier molecular flexibility index (Phi) is 3.04. The molecule has 0 unspecified atom stereocenters. The summed E-state index contributed by atoms with van der Waals surface area (Å²) in [4.78, 5) is 4.66. The van der Waals surface area contributed by atoms with E-state index in [1.54, 1.807) is 0 Å². The van der Waals surface area contributed by atoms with Gasteiger partial charge in [-0.05, 0) is 38.0 Å². The largest absolute Gasteiger partial charge is 0.253 e. The summed E-state index contributed by atoms with van der Waals surface area (Å²) in [5.74, 6) is 0. The van der Waals surface area contributed by atoms with Crippen molar-refractivity contribution in [2.45, 2.75) is 27.2 Å². The predicted molar refractivity (Wildman–Crippen MR) is 68.5 cm³/mol. The van der Waals surface area contributed by atoms with Gasteiger partial charge in [-0.15, -0.1) is 0 Å². The van der Waals surface area contributed by atoms with Crippen LogP contribution in [0.2, 0.25) is 0 Å². The average Bonchev–Trinajstić information content (AvgIpc) is 2.29. The van der Waals surface area contributed by atoms with Crippen molar-refractivity contribution in [2.24, 2.45) is 0 Å². The van der Waals surface area contributed by atoms with Crippen molar-refractivity contribution in [1.29, 1.82) is 0 Å². The summed E-state index contributed by atoms with van der Waals surface area (Å²) in [7, 11) is 0. The summed E-state index contributed by atoms with van der Waals surface area (Å²) in [6, 6.07) is 12.8. The van der Waals surface area contributed by atoms with Gasteiger partial charge >= 0.3 is 0 Å². The SMILES string of the molecule is CCc1ccc(C)nc1-c1cccc(C)c1. The van der Waals surface area contributed by atoms with Crippen LogP contribution >= 0.6 is 0 Å². The number of hydrogen-bond acceptors (Lipinski definition) is 1. The van der Waals surface area contributed by atoms with Crippen LogP contribution < -0.4 is 0 Å². The molecule has 1 aromatic carbocycles. The fraction of sp³-hybridized carbons (Fsp3) is 0.267. The number of benzene rings is 1. The monoisotopic (exact) mass is 211 g/mol. The lowest BCUT2D eigenvalue weighted by Gasteiger charge is -2.08. The van der Waals surface area contributed by atoms with Crippen molar-refractivity contribution in [3.05, 3.63) is 53.2 Å². The van der Waals surface area contributed by atoms with Crippen LogP contribution in [0.3, 0.4) is 0 Å². The molecule has 0 aliphatic heterocycles. The van der Waals surface area contributed by atoms with Gasteiger partial charge in [0.1, 0.15) is 0 Å². The first-order valence-corrected chi connectivity index (χ1v) is 5.74. The quantitative estimate of drug-likeness (QED) is 0.733. The molecule has 0 aliphatic rings. The Labute approximate surface area is 97.2 Å². The summed E-state index contributed by atoms with van der Waals surface area (Å²) in [5.41, 5.74) is 6.03. The number of nitrogens with zero attached hydrogens (tertiary/aromatic N) is 1. The molecular formula is C15H17N. The van der Waals surface area contributed by atoms with E-state index in [0.717, 1.165) is 17.8 Å². The summed E-state index contributed by atoms with van der Waals surface area (Å²) < 4.78 is 0. The Morgan fingerprint density at radius 2 is 1.88 bits per heavy atom. The average molecular weight is 211 g/mol. The first-order valence-electron chi connectivity index (χ1n) is 5.74. The van der Waals surface area contributed by atoms with E-state index in [1.165, 1.54) is 16.7 Å². The van der Waals surface area contributed by atoms with Gasteiger partial charge in [-0.1, -0.05) is 36.8 Å². The summed E-state index contributed by atoms with van der Waals surface area (Å²) >= 11 is 0. The minimum Gasteiger partial charge on any atom is -0.253 e. The number of pyridine rings is 1. The highest BCUT2D eigenvalue weighted by Gasteiger charge is 2.05. The summed E-state index contributed by atoms with van der Waals surface area (Å²) in [6.07, 6.45) is 1.02. The first kappa shape index (κ1) is 10.9. The van der Waals surface area contributed by atoms with Crippen molar-refractivity contribution in [3.8, 4) is 11.3 Å². The molecule has 2 rings (SSSR count). The highest BCUT2D eigenvalue weighted by Crippen LogP contribution is 2.23. The standard InChI is InChI=1S/C15H17N/c1-4-13-9-8-12(3)16-15(13)14-7-5-6-11(2)10-14/h5-10H,4H2,1-3H3. The molecule has 0 saturated heterocycles. The molecule has 1 aromatic heterocycles. The number of rotatable bonds is 2. The Balaban J connectivity index is 2.58. The molecule has 0 fully saturated rings. The van der Waals surface area contributed by atoms with E-state index in [9.17, 15) is 0 Å². The van der Waals surface area contributed by atoms with Crippen LogP contribution in [0, 0.1) is 13.8 Å². The predicted octanol–water partition coefficient (Wildman–Crippen LogP) is 3.93. The smallest absolute Gasteiger partial charge is 0.0737 e. The van der Waals surface area contributed by atoms with E-state index in [2.05, 4.69) is 55.2 Å². The normalized spacial score (nSPS) is 10.4. The minimum atomic E-state index is 1.02. The van der Waals surface area contributed by atoms with E-state index in [-0.39, 0.29) is 0 Å². The number of aromatic nitrogens is 1. The van der Waals surface area contributed by atoms with Gasteiger partial charge in [0, 0.05) is 11.3 Å². The van der Waals surface area contributed by atoms with Crippen molar-refractivity contribution in [2.75, 3.05) is 0 Å². The van der Waals surface area contributed by atoms with E-state index < -0.39 is 0 Å². The molecule has 0 bridgehead atoms. The third-order valence-electron chi connectivity index (χ3n) is 2.79. The maximum Gasteiger partial charge on any atom is 0.0737 e. The van der Waals surface area contributed by atoms with Crippen LogP contribution in [0.5, 0.6) is 0 Å². The van der Waals surface area contributed by atoms with Gasteiger partial charge in [0.25, 0.3) is 0 Å². The molecule has 1 heteroatoms. The zero-order valence-corrected chi connectivity index (χ0v) is 10.1. The fourth-order valence-electron chi connectivity index (χ4n) is 1.91. The van der Waals surface area contributed by atoms with Gasteiger partial charge in [0.2, 0.25) is 0 Å². The van der Waals surface area contributed by atoms with Gasteiger partial charge in [0.05, 0.1) is 5.69 Å². The van der Waals surface area contributed by atoms with Gasteiger partial charge in [-0.2, -0.15) is 0 Å². The maximum absolute atomic E-state index is 4.66. The molecule has 1 nitrogen and oxygen atoms in total. The lowest BCUT2D eigenvalue weighted by molar-refractivity contribution is 1.08. The molecule has 0 amide bonds. The van der Waals surface area contributed by atoms with Crippen LogP contribution in [-0.4, -0.2) is 4.98 Å². The summed E-state index contributed by atoms with van der Waals surface area (Å²) in [6.45, 7) is 6.33. The lowest BCUT2D eigenvalue weighted by atomic mass is 10.0. The van der Waals surface area contributed by atoms with Crippen molar-refractivity contribution in [3.63, 3.8) is 0 Å². The zero-order valence-electron chi connectivity index (χ0n) is 10.1. The maximum atomic E-state index is 4.66. The molecule has 16 heavy (non-hydrogen) atoms. The molecule has 82 valence electrons. The fourth-order valence-corrected chi connectivity index (χ4v) is 1.91. The molecule has 1 heterocycles. The van der Waals surface area contributed by atoms with Gasteiger partial charge < -0.3 is 0 Å². The van der Waals surface area contributed by atoms with E-state index in [0.29, 0.717) is 0 Å². The van der Waals surface area contributed by atoms with Gasteiger partial charge in [0.15, 0.2) is 0 Å². The molecule has 0 spiro atoms. The second kappa shape index (κ2) is 4.48. The highest BCUT2D eigenvalue weighted by atomic mass is 14.7. The van der Waals surface area contributed by atoms with Crippen LogP contribution in [0.25, 0.3) is 11.3 Å². The van der Waals surface area contributed by atoms with Gasteiger partial charge in [-0.3, -0.25) is 4.98 Å². The Hall–Kier alpha value is -1.63.